The zero-order valence-electron chi connectivity index (χ0n) is 16.3. The van der Waals surface area contributed by atoms with Crippen LogP contribution < -0.4 is 10.1 Å². The predicted octanol–water partition coefficient (Wildman–Crippen LogP) is 1.27. The topological polar surface area (TPSA) is 66.4 Å². The van der Waals surface area contributed by atoms with Crippen LogP contribution in [0, 0.1) is 6.92 Å². The van der Waals surface area contributed by atoms with E-state index in [0.717, 1.165) is 43.2 Å². The Labute approximate surface area is 161 Å². The molecule has 1 unspecified atom stereocenters. The number of para-hydroxylation sites is 1. The number of hydrogen-bond donors (Lipinski definition) is 1. The average Bonchev–Trinajstić information content (AvgIpc) is 3.24. The van der Waals surface area contributed by atoms with Crippen LogP contribution in [0.1, 0.15) is 18.4 Å². The molecule has 3 rings (SSSR count). The van der Waals surface area contributed by atoms with E-state index in [0.29, 0.717) is 32.8 Å². The second-order valence-corrected chi connectivity index (χ2v) is 6.90. The molecule has 27 heavy (non-hydrogen) atoms. The van der Waals surface area contributed by atoms with E-state index in [9.17, 15) is 4.79 Å². The zero-order valence-corrected chi connectivity index (χ0v) is 16.3. The summed E-state index contributed by atoms with van der Waals surface area (Å²) in [7, 11) is 1.79. The molecule has 1 aromatic rings. The van der Waals surface area contributed by atoms with Gasteiger partial charge in [0.25, 0.3) is 5.91 Å². The van der Waals surface area contributed by atoms with Crippen LogP contribution in [-0.4, -0.2) is 80.8 Å². The lowest BCUT2D eigenvalue weighted by atomic mass is 10.2. The van der Waals surface area contributed by atoms with Gasteiger partial charge in [0.15, 0.2) is 5.96 Å². The van der Waals surface area contributed by atoms with Crippen LogP contribution >= 0.6 is 0 Å². The molecule has 148 valence electrons. The predicted molar refractivity (Wildman–Crippen MR) is 105 cm³/mol. The van der Waals surface area contributed by atoms with E-state index in [2.05, 4.69) is 15.2 Å². The summed E-state index contributed by atoms with van der Waals surface area (Å²) in [5.41, 5.74) is 1.13. The molecule has 0 radical (unpaired) electrons. The lowest BCUT2D eigenvalue weighted by molar-refractivity contribution is -0.142. The maximum absolute atomic E-state index is 12.4. The molecule has 0 aliphatic carbocycles. The summed E-state index contributed by atoms with van der Waals surface area (Å²) in [6.07, 6.45) is 1.60. The minimum atomic E-state index is -0.229. The van der Waals surface area contributed by atoms with E-state index in [1.54, 1.807) is 7.05 Å². The van der Waals surface area contributed by atoms with Crippen LogP contribution in [0.2, 0.25) is 0 Å². The average molecular weight is 374 g/mol. The van der Waals surface area contributed by atoms with Gasteiger partial charge < -0.3 is 24.6 Å². The van der Waals surface area contributed by atoms with Crippen molar-refractivity contribution in [3.8, 4) is 5.75 Å². The second-order valence-electron chi connectivity index (χ2n) is 6.90. The third-order valence-corrected chi connectivity index (χ3v) is 5.04. The lowest BCUT2D eigenvalue weighted by Gasteiger charge is -2.37. The van der Waals surface area contributed by atoms with E-state index >= 15 is 0 Å². The highest BCUT2D eigenvalue weighted by Crippen LogP contribution is 2.17. The molecule has 0 saturated carbocycles. The van der Waals surface area contributed by atoms with Gasteiger partial charge >= 0.3 is 0 Å². The number of ether oxygens (including phenoxy) is 2. The second kappa shape index (κ2) is 9.60. The van der Waals surface area contributed by atoms with Crippen molar-refractivity contribution in [3.63, 3.8) is 0 Å². The van der Waals surface area contributed by atoms with Gasteiger partial charge in [-0.15, -0.1) is 0 Å². The number of nitrogens with zero attached hydrogens (tertiary/aromatic N) is 3. The Kier molecular flexibility index (Phi) is 6.92. The van der Waals surface area contributed by atoms with Gasteiger partial charge in [0.1, 0.15) is 18.5 Å². The zero-order chi connectivity index (χ0) is 19.1. The highest BCUT2D eigenvalue weighted by Gasteiger charge is 2.30. The van der Waals surface area contributed by atoms with Crippen molar-refractivity contribution < 1.29 is 14.3 Å². The number of guanidine groups is 1. The largest absolute Gasteiger partial charge is 0.491 e. The highest BCUT2D eigenvalue weighted by molar-refractivity contribution is 5.82. The minimum absolute atomic E-state index is 0.140. The van der Waals surface area contributed by atoms with Crippen LogP contribution in [0.25, 0.3) is 0 Å². The number of amides is 1. The standard InChI is InChI=1S/C20H30N4O3/c1-16-6-3-4-7-17(16)27-15-9-22-20(21-2)24-12-10-23(11-13-24)19(25)18-8-5-14-26-18/h3-4,6-7,18H,5,8-15H2,1-2H3,(H,21,22). The number of nitrogens with one attached hydrogen (secondary N) is 1. The van der Waals surface area contributed by atoms with Crippen molar-refractivity contribution in [1.29, 1.82) is 0 Å². The Morgan fingerprint density at radius 3 is 2.67 bits per heavy atom. The number of piperazine rings is 1. The molecule has 2 fully saturated rings. The van der Waals surface area contributed by atoms with Gasteiger partial charge in [0, 0.05) is 39.8 Å². The molecule has 0 bridgehead atoms. The molecular weight excluding hydrogens is 344 g/mol. The van der Waals surface area contributed by atoms with Crippen LogP contribution in [0.4, 0.5) is 0 Å². The van der Waals surface area contributed by atoms with Crippen molar-refractivity contribution >= 4 is 11.9 Å². The Bertz CT molecular complexity index is 650. The number of hydrogen-bond acceptors (Lipinski definition) is 4. The molecule has 2 saturated heterocycles. The summed E-state index contributed by atoms with van der Waals surface area (Å²) in [6, 6.07) is 8.01. The molecule has 2 aliphatic rings. The van der Waals surface area contributed by atoms with Gasteiger partial charge in [-0.3, -0.25) is 9.79 Å². The van der Waals surface area contributed by atoms with E-state index in [1.165, 1.54) is 0 Å². The Balaban J connectivity index is 1.40. The highest BCUT2D eigenvalue weighted by atomic mass is 16.5. The number of carbonyl (C=O) groups excluding carboxylic acids is 1. The Morgan fingerprint density at radius 1 is 1.26 bits per heavy atom. The first kappa shape index (κ1) is 19.5. The van der Waals surface area contributed by atoms with Crippen molar-refractivity contribution in [3.05, 3.63) is 29.8 Å². The minimum Gasteiger partial charge on any atom is -0.491 e. The summed E-state index contributed by atoms with van der Waals surface area (Å²) < 4.78 is 11.3. The summed E-state index contributed by atoms with van der Waals surface area (Å²) in [5.74, 6) is 1.91. The summed E-state index contributed by atoms with van der Waals surface area (Å²) in [5, 5.41) is 3.35. The van der Waals surface area contributed by atoms with E-state index in [4.69, 9.17) is 9.47 Å². The Morgan fingerprint density at radius 2 is 2.00 bits per heavy atom. The van der Waals surface area contributed by atoms with Gasteiger partial charge in [-0.05, 0) is 31.4 Å². The molecule has 1 amide bonds. The van der Waals surface area contributed by atoms with Crippen molar-refractivity contribution in [2.45, 2.75) is 25.9 Å². The van der Waals surface area contributed by atoms with Gasteiger partial charge in [-0.1, -0.05) is 18.2 Å². The molecule has 2 aliphatic heterocycles. The van der Waals surface area contributed by atoms with E-state index in [1.807, 2.05) is 36.1 Å². The van der Waals surface area contributed by atoms with Crippen LogP contribution in [-0.2, 0) is 9.53 Å². The fourth-order valence-corrected chi connectivity index (χ4v) is 3.49. The first-order chi connectivity index (χ1) is 13.2. The molecule has 7 nitrogen and oxygen atoms in total. The van der Waals surface area contributed by atoms with Crippen molar-refractivity contribution in [1.82, 2.24) is 15.1 Å². The quantitative estimate of drug-likeness (QED) is 0.478. The molecule has 2 heterocycles. The van der Waals surface area contributed by atoms with E-state index in [-0.39, 0.29) is 12.0 Å². The van der Waals surface area contributed by atoms with Crippen LogP contribution in [0.5, 0.6) is 5.75 Å². The van der Waals surface area contributed by atoms with Gasteiger partial charge in [0.05, 0.1) is 6.54 Å². The van der Waals surface area contributed by atoms with E-state index < -0.39 is 0 Å². The van der Waals surface area contributed by atoms with Gasteiger partial charge in [0.2, 0.25) is 0 Å². The fraction of sp³-hybridized carbons (Fsp3) is 0.600. The maximum Gasteiger partial charge on any atom is 0.251 e. The molecule has 0 spiro atoms. The van der Waals surface area contributed by atoms with Gasteiger partial charge in [-0.2, -0.15) is 0 Å². The van der Waals surface area contributed by atoms with Crippen LogP contribution in [0.3, 0.4) is 0 Å². The first-order valence-corrected chi connectivity index (χ1v) is 9.73. The number of aryl methyl sites for hydroxylation is 1. The maximum atomic E-state index is 12.4. The third-order valence-electron chi connectivity index (χ3n) is 5.04. The number of rotatable bonds is 5. The SMILES string of the molecule is CN=C(NCCOc1ccccc1C)N1CCN(C(=O)C2CCCO2)CC1. The van der Waals surface area contributed by atoms with Crippen molar-refractivity contribution in [2.75, 3.05) is 53.0 Å². The number of aliphatic imine (C=N–C) groups is 1. The molecule has 1 aromatic carbocycles. The number of benzene rings is 1. The molecule has 1 N–H and O–H groups in total. The summed E-state index contributed by atoms with van der Waals surface area (Å²) >= 11 is 0. The van der Waals surface area contributed by atoms with Crippen LogP contribution in [0.15, 0.2) is 29.3 Å². The lowest BCUT2D eigenvalue weighted by Crippen LogP contribution is -2.55. The molecule has 1 atom stereocenters. The fourth-order valence-electron chi connectivity index (χ4n) is 3.49. The normalized spacial score (nSPS) is 20.7. The number of carbonyl (C=O) groups is 1. The third kappa shape index (κ3) is 5.13. The molecular formula is C20H30N4O3. The first-order valence-electron chi connectivity index (χ1n) is 9.73. The molecule has 0 aromatic heterocycles. The smallest absolute Gasteiger partial charge is 0.251 e. The van der Waals surface area contributed by atoms with Crippen molar-refractivity contribution in [2.24, 2.45) is 4.99 Å². The molecule has 7 heteroatoms. The monoisotopic (exact) mass is 374 g/mol. The summed E-state index contributed by atoms with van der Waals surface area (Å²) in [6.45, 7) is 6.96. The Hall–Kier alpha value is -2.28. The van der Waals surface area contributed by atoms with Gasteiger partial charge in [-0.25, -0.2) is 0 Å². The summed E-state index contributed by atoms with van der Waals surface area (Å²) in [4.78, 5) is 20.9.